The number of hydrogen-bond donors (Lipinski definition) is 2. The molecule has 0 fully saturated rings. The van der Waals surface area contributed by atoms with Gasteiger partial charge in [0.15, 0.2) is 0 Å². The van der Waals surface area contributed by atoms with E-state index in [-0.39, 0.29) is 5.82 Å². The monoisotopic (exact) mass is 253 g/mol. The Morgan fingerprint density at radius 2 is 1.79 bits per heavy atom. The van der Waals surface area contributed by atoms with Crippen LogP contribution >= 0.6 is 0 Å². The van der Waals surface area contributed by atoms with Crippen LogP contribution in [0.25, 0.3) is 22.6 Å². The van der Waals surface area contributed by atoms with Gasteiger partial charge in [0.25, 0.3) is 0 Å². The second-order valence-corrected chi connectivity index (χ2v) is 4.28. The molecule has 3 nitrogen and oxygen atoms in total. The van der Waals surface area contributed by atoms with Gasteiger partial charge >= 0.3 is 0 Å². The second kappa shape index (κ2) is 4.57. The lowest BCUT2D eigenvalue weighted by Crippen LogP contribution is -1.86. The Kier molecular flexibility index (Phi) is 2.76. The van der Waals surface area contributed by atoms with E-state index in [4.69, 9.17) is 5.73 Å². The Bertz CT molecular complexity index is 659. The van der Waals surface area contributed by atoms with Gasteiger partial charge in [-0.2, -0.15) is 0 Å². The third-order valence-corrected chi connectivity index (χ3v) is 2.87. The third-order valence-electron chi connectivity index (χ3n) is 2.87. The highest BCUT2D eigenvalue weighted by molar-refractivity contribution is 5.66. The van der Waals surface area contributed by atoms with Gasteiger partial charge in [-0.1, -0.05) is 24.3 Å². The van der Waals surface area contributed by atoms with Gasteiger partial charge < -0.3 is 10.7 Å². The van der Waals surface area contributed by atoms with Gasteiger partial charge in [0.1, 0.15) is 11.6 Å². The molecule has 0 radical (unpaired) electrons. The molecule has 0 spiro atoms. The number of nitrogens with zero attached hydrogens (tertiary/aromatic N) is 1. The van der Waals surface area contributed by atoms with Gasteiger partial charge in [0.2, 0.25) is 0 Å². The molecule has 0 aliphatic rings. The molecule has 94 valence electrons. The Hall–Kier alpha value is -2.62. The Labute approximate surface area is 109 Å². The third kappa shape index (κ3) is 2.33. The summed E-state index contributed by atoms with van der Waals surface area (Å²) in [6, 6.07) is 13.8. The fourth-order valence-corrected chi connectivity index (χ4v) is 1.96. The quantitative estimate of drug-likeness (QED) is 0.687. The maximum absolute atomic E-state index is 13.2. The van der Waals surface area contributed by atoms with Crippen molar-refractivity contribution in [3.8, 4) is 22.6 Å². The SMILES string of the molecule is Nc1cccc(-c2ncc(-c3cccc(F)c3)[nH]2)c1. The minimum Gasteiger partial charge on any atom is -0.399 e. The van der Waals surface area contributed by atoms with Crippen LogP contribution in [0, 0.1) is 5.82 Å². The number of halogens is 1. The molecule has 19 heavy (non-hydrogen) atoms. The molecule has 4 heteroatoms. The van der Waals surface area contributed by atoms with Crippen LogP contribution in [-0.4, -0.2) is 9.97 Å². The Morgan fingerprint density at radius 1 is 1.00 bits per heavy atom. The molecular weight excluding hydrogens is 241 g/mol. The van der Waals surface area contributed by atoms with E-state index in [1.54, 1.807) is 12.3 Å². The molecule has 0 aliphatic heterocycles. The second-order valence-electron chi connectivity index (χ2n) is 4.28. The van der Waals surface area contributed by atoms with Crippen LogP contribution in [-0.2, 0) is 0 Å². The zero-order chi connectivity index (χ0) is 13.2. The zero-order valence-electron chi connectivity index (χ0n) is 10.1. The maximum atomic E-state index is 13.2. The van der Waals surface area contributed by atoms with E-state index in [1.807, 2.05) is 30.3 Å². The van der Waals surface area contributed by atoms with Crippen LogP contribution in [0.2, 0.25) is 0 Å². The van der Waals surface area contributed by atoms with Crippen LogP contribution < -0.4 is 5.73 Å². The highest BCUT2D eigenvalue weighted by Gasteiger charge is 2.06. The van der Waals surface area contributed by atoms with Crippen LogP contribution in [0.3, 0.4) is 0 Å². The molecule has 3 rings (SSSR count). The van der Waals surface area contributed by atoms with Gasteiger partial charge in [-0.25, -0.2) is 9.37 Å². The van der Waals surface area contributed by atoms with Gasteiger partial charge in [-0.3, -0.25) is 0 Å². The molecule has 3 N–H and O–H groups in total. The van der Waals surface area contributed by atoms with Crippen molar-refractivity contribution in [2.24, 2.45) is 0 Å². The van der Waals surface area contributed by atoms with Crippen molar-refractivity contribution in [1.29, 1.82) is 0 Å². The number of H-pyrrole nitrogens is 1. The Balaban J connectivity index is 2.00. The first-order valence-electron chi connectivity index (χ1n) is 5.89. The number of aromatic nitrogens is 2. The van der Waals surface area contributed by atoms with E-state index in [2.05, 4.69) is 9.97 Å². The van der Waals surface area contributed by atoms with E-state index in [0.717, 1.165) is 16.8 Å². The molecule has 1 heterocycles. The summed E-state index contributed by atoms with van der Waals surface area (Å²) in [5.74, 6) is 0.448. The summed E-state index contributed by atoms with van der Waals surface area (Å²) in [4.78, 5) is 7.47. The number of hydrogen-bond acceptors (Lipinski definition) is 2. The van der Waals surface area contributed by atoms with E-state index >= 15 is 0 Å². The summed E-state index contributed by atoms with van der Waals surface area (Å²) in [5.41, 5.74) is 8.87. The average Bonchev–Trinajstić information content (AvgIpc) is 2.88. The molecule has 1 aromatic heterocycles. The number of aromatic amines is 1. The summed E-state index contributed by atoms with van der Waals surface area (Å²) in [6.07, 6.45) is 1.69. The minimum absolute atomic E-state index is 0.266. The van der Waals surface area contributed by atoms with Crippen LogP contribution in [0.1, 0.15) is 0 Å². The molecule has 0 saturated heterocycles. The van der Waals surface area contributed by atoms with Crippen LogP contribution in [0.4, 0.5) is 10.1 Å². The molecule has 0 bridgehead atoms. The molecule has 0 atom stereocenters. The van der Waals surface area contributed by atoms with Crippen LogP contribution in [0.5, 0.6) is 0 Å². The summed E-state index contributed by atoms with van der Waals surface area (Å²) in [5, 5.41) is 0. The van der Waals surface area contributed by atoms with E-state index in [1.165, 1.54) is 12.1 Å². The van der Waals surface area contributed by atoms with Gasteiger partial charge in [-0.15, -0.1) is 0 Å². The average molecular weight is 253 g/mol. The predicted octanol–water partition coefficient (Wildman–Crippen LogP) is 3.47. The largest absolute Gasteiger partial charge is 0.399 e. The topological polar surface area (TPSA) is 54.7 Å². The number of nitrogen functional groups attached to an aromatic ring is 1. The summed E-state index contributed by atoms with van der Waals surface area (Å²) >= 11 is 0. The molecule has 0 amide bonds. The van der Waals surface area contributed by atoms with Crippen molar-refractivity contribution in [2.45, 2.75) is 0 Å². The number of nitrogens with one attached hydrogen (secondary N) is 1. The fraction of sp³-hybridized carbons (Fsp3) is 0. The highest BCUT2D eigenvalue weighted by Crippen LogP contribution is 2.23. The zero-order valence-corrected chi connectivity index (χ0v) is 10.1. The summed E-state index contributed by atoms with van der Waals surface area (Å²) < 4.78 is 13.2. The molecular formula is C15H12FN3. The van der Waals surface area contributed by atoms with E-state index in [0.29, 0.717) is 11.5 Å². The van der Waals surface area contributed by atoms with Crippen molar-refractivity contribution >= 4 is 5.69 Å². The standard InChI is InChI=1S/C15H12FN3/c16-12-5-1-3-10(7-12)14-9-18-15(19-14)11-4-2-6-13(17)8-11/h1-9H,17H2,(H,18,19). The maximum Gasteiger partial charge on any atom is 0.137 e. The van der Waals surface area contributed by atoms with Gasteiger partial charge in [0.05, 0.1) is 11.9 Å². The van der Waals surface area contributed by atoms with Gasteiger partial charge in [-0.05, 0) is 24.3 Å². The van der Waals surface area contributed by atoms with Crippen LogP contribution in [0.15, 0.2) is 54.7 Å². The molecule has 0 unspecified atom stereocenters. The molecule has 0 aliphatic carbocycles. The normalized spacial score (nSPS) is 10.6. The molecule has 3 aromatic rings. The van der Waals surface area contributed by atoms with Gasteiger partial charge in [0, 0.05) is 16.8 Å². The predicted molar refractivity (Wildman–Crippen MR) is 73.8 cm³/mol. The smallest absolute Gasteiger partial charge is 0.137 e. The Morgan fingerprint density at radius 3 is 2.58 bits per heavy atom. The highest BCUT2D eigenvalue weighted by atomic mass is 19.1. The first kappa shape index (κ1) is 11.5. The lowest BCUT2D eigenvalue weighted by molar-refractivity contribution is 0.628. The van der Waals surface area contributed by atoms with Crippen molar-refractivity contribution in [1.82, 2.24) is 9.97 Å². The van der Waals surface area contributed by atoms with Crippen molar-refractivity contribution < 1.29 is 4.39 Å². The van der Waals surface area contributed by atoms with Crippen molar-refractivity contribution in [3.63, 3.8) is 0 Å². The van der Waals surface area contributed by atoms with E-state index in [9.17, 15) is 4.39 Å². The minimum atomic E-state index is -0.266. The first-order chi connectivity index (χ1) is 9.22. The summed E-state index contributed by atoms with van der Waals surface area (Å²) in [7, 11) is 0. The fourth-order valence-electron chi connectivity index (χ4n) is 1.96. The lowest BCUT2D eigenvalue weighted by atomic mass is 10.1. The van der Waals surface area contributed by atoms with Crippen molar-refractivity contribution in [3.05, 3.63) is 60.5 Å². The molecule has 0 saturated carbocycles. The number of imidazole rings is 1. The first-order valence-corrected chi connectivity index (χ1v) is 5.89. The number of benzene rings is 2. The molecule has 2 aromatic carbocycles. The van der Waals surface area contributed by atoms with Crippen molar-refractivity contribution in [2.75, 3.05) is 5.73 Å². The lowest BCUT2D eigenvalue weighted by Gasteiger charge is -1.99. The number of anilines is 1. The summed E-state index contributed by atoms with van der Waals surface area (Å²) in [6.45, 7) is 0. The van der Waals surface area contributed by atoms with E-state index < -0.39 is 0 Å². The number of nitrogens with two attached hydrogens (primary N) is 1. The number of rotatable bonds is 2.